The lowest BCUT2D eigenvalue weighted by Gasteiger charge is -2.06. The number of sulfonamides is 1. The van der Waals surface area contributed by atoms with Crippen molar-refractivity contribution in [3.05, 3.63) is 47.3 Å². The van der Waals surface area contributed by atoms with Crippen molar-refractivity contribution in [2.45, 2.75) is 30.9 Å². The molecule has 1 aromatic carbocycles. The SMILES string of the molecule is CCc1noc(C)c1CSCCNS(=O)(=O)c1ccccc1. The van der Waals surface area contributed by atoms with Crippen molar-refractivity contribution in [3.63, 3.8) is 0 Å². The molecule has 0 spiro atoms. The number of nitrogens with one attached hydrogen (secondary N) is 1. The summed E-state index contributed by atoms with van der Waals surface area (Å²) in [4.78, 5) is 0.295. The third-order valence-electron chi connectivity index (χ3n) is 3.24. The Labute approximate surface area is 135 Å². The van der Waals surface area contributed by atoms with Gasteiger partial charge in [-0.2, -0.15) is 11.8 Å². The number of aryl methyl sites for hydroxylation is 2. The molecule has 0 fully saturated rings. The average molecular weight is 340 g/mol. The molecule has 1 aromatic heterocycles. The van der Waals surface area contributed by atoms with E-state index in [9.17, 15) is 8.42 Å². The first-order valence-electron chi connectivity index (χ1n) is 7.11. The fourth-order valence-corrected chi connectivity index (χ4v) is 4.15. The molecule has 0 atom stereocenters. The summed E-state index contributed by atoms with van der Waals surface area (Å²) in [5.41, 5.74) is 2.10. The van der Waals surface area contributed by atoms with Gasteiger partial charge in [-0.05, 0) is 25.5 Å². The Morgan fingerprint density at radius 1 is 1.27 bits per heavy atom. The van der Waals surface area contributed by atoms with Gasteiger partial charge in [-0.15, -0.1) is 0 Å². The highest BCUT2D eigenvalue weighted by Gasteiger charge is 2.13. The Kier molecular flexibility index (Phi) is 6.05. The lowest BCUT2D eigenvalue weighted by atomic mass is 10.2. The van der Waals surface area contributed by atoms with E-state index in [4.69, 9.17) is 4.52 Å². The molecule has 0 saturated heterocycles. The smallest absolute Gasteiger partial charge is 0.240 e. The zero-order chi connectivity index (χ0) is 16.0. The number of rotatable bonds is 8. The summed E-state index contributed by atoms with van der Waals surface area (Å²) in [6.07, 6.45) is 0.841. The monoisotopic (exact) mass is 340 g/mol. The fraction of sp³-hybridized carbons (Fsp3) is 0.400. The van der Waals surface area contributed by atoms with Crippen LogP contribution in [0.15, 0.2) is 39.8 Å². The van der Waals surface area contributed by atoms with Crippen LogP contribution in [-0.4, -0.2) is 25.9 Å². The molecule has 0 unspecified atom stereocenters. The number of aromatic nitrogens is 1. The van der Waals surface area contributed by atoms with E-state index in [1.54, 1.807) is 42.1 Å². The van der Waals surface area contributed by atoms with Crippen LogP contribution in [0.1, 0.15) is 23.9 Å². The minimum absolute atomic E-state index is 0.295. The predicted molar refractivity (Wildman–Crippen MR) is 88.4 cm³/mol. The van der Waals surface area contributed by atoms with Crippen LogP contribution in [-0.2, 0) is 22.2 Å². The summed E-state index contributed by atoms with van der Waals surface area (Å²) >= 11 is 1.66. The van der Waals surface area contributed by atoms with E-state index in [1.807, 2.05) is 13.8 Å². The van der Waals surface area contributed by atoms with Crippen LogP contribution < -0.4 is 4.72 Å². The van der Waals surface area contributed by atoms with Gasteiger partial charge in [-0.25, -0.2) is 13.1 Å². The van der Waals surface area contributed by atoms with E-state index in [1.165, 1.54) is 0 Å². The Hall–Kier alpha value is -1.31. The zero-order valence-electron chi connectivity index (χ0n) is 12.7. The summed E-state index contributed by atoms with van der Waals surface area (Å²) in [7, 11) is -3.41. The zero-order valence-corrected chi connectivity index (χ0v) is 14.3. The van der Waals surface area contributed by atoms with Crippen molar-refractivity contribution in [3.8, 4) is 0 Å². The summed E-state index contributed by atoms with van der Waals surface area (Å²) in [6.45, 7) is 4.34. The molecule has 5 nitrogen and oxygen atoms in total. The van der Waals surface area contributed by atoms with Crippen LogP contribution in [0, 0.1) is 6.92 Å². The first-order chi connectivity index (χ1) is 10.5. The number of benzene rings is 1. The highest BCUT2D eigenvalue weighted by molar-refractivity contribution is 7.98. The molecule has 7 heteroatoms. The van der Waals surface area contributed by atoms with Crippen molar-refractivity contribution in [2.75, 3.05) is 12.3 Å². The average Bonchev–Trinajstić information content (AvgIpc) is 2.88. The molecule has 0 amide bonds. The summed E-state index contributed by atoms with van der Waals surface area (Å²) < 4.78 is 31.9. The van der Waals surface area contributed by atoms with E-state index >= 15 is 0 Å². The van der Waals surface area contributed by atoms with E-state index in [2.05, 4.69) is 9.88 Å². The third-order valence-corrected chi connectivity index (χ3v) is 5.70. The molecular formula is C15H20N2O3S2. The molecule has 2 aromatic rings. The topological polar surface area (TPSA) is 72.2 Å². The molecular weight excluding hydrogens is 320 g/mol. The van der Waals surface area contributed by atoms with Crippen molar-refractivity contribution in [1.29, 1.82) is 0 Å². The second-order valence-corrected chi connectivity index (χ2v) is 7.65. The van der Waals surface area contributed by atoms with Gasteiger partial charge in [0.05, 0.1) is 10.6 Å². The fourth-order valence-electron chi connectivity index (χ4n) is 2.01. The third kappa shape index (κ3) is 4.34. The Morgan fingerprint density at radius 3 is 2.68 bits per heavy atom. The lowest BCUT2D eigenvalue weighted by molar-refractivity contribution is 0.390. The largest absolute Gasteiger partial charge is 0.361 e. The van der Waals surface area contributed by atoms with Crippen LogP contribution in [0.5, 0.6) is 0 Å². The number of nitrogens with zero attached hydrogens (tertiary/aromatic N) is 1. The molecule has 120 valence electrons. The van der Waals surface area contributed by atoms with Crippen LogP contribution in [0.4, 0.5) is 0 Å². The van der Waals surface area contributed by atoms with E-state index < -0.39 is 10.0 Å². The van der Waals surface area contributed by atoms with Gasteiger partial charge in [0.25, 0.3) is 0 Å². The van der Waals surface area contributed by atoms with Crippen molar-refractivity contribution in [1.82, 2.24) is 9.88 Å². The highest BCUT2D eigenvalue weighted by Crippen LogP contribution is 2.20. The van der Waals surface area contributed by atoms with Gasteiger partial charge >= 0.3 is 0 Å². The first kappa shape index (κ1) is 17.1. The van der Waals surface area contributed by atoms with Crippen molar-refractivity contribution < 1.29 is 12.9 Å². The van der Waals surface area contributed by atoms with Gasteiger partial charge in [-0.1, -0.05) is 30.3 Å². The summed E-state index contributed by atoms with van der Waals surface area (Å²) in [5, 5.41) is 4.01. The molecule has 22 heavy (non-hydrogen) atoms. The molecule has 2 rings (SSSR count). The maximum Gasteiger partial charge on any atom is 0.240 e. The van der Waals surface area contributed by atoms with Gasteiger partial charge in [0, 0.05) is 23.6 Å². The van der Waals surface area contributed by atoms with E-state index in [-0.39, 0.29) is 0 Å². The minimum atomic E-state index is -3.41. The molecule has 0 aliphatic heterocycles. The highest BCUT2D eigenvalue weighted by atomic mass is 32.2. The quantitative estimate of drug-likeness (QED) is 0.748. The first-order valence-corrected chi connectivity index (χ1v) is 9.75. The summed E-state index contributed by atoms with van der Waals surface area (Å²) in [6, 6.07) is 8.39. The van der Waals surface area contributed by atoms with Gasteiger partial charge in [0.2, 0.25) is 10.0 Å². The van der Waals surface area contributed by atoms with Gasteiger partial charge in [0.1, 0.15) is 5.76 Å². The molecule has 0 radical (unpaired) electrons. The van der Waals surface area contributed by atoms with Gasteiger partial charge < -0.3 is 4.52 Å². The Balaban J connectivity index is 1.79. The molecule has 0 saturated carbocycles. The van der Waals surface area contributed by atoms with Crippen molar-refractivity contribution in [2.24, 2.45) is 0 Å². The molecule has 0 aliphatic rings. The number of thioether (sulfide) groups is 1. The maximum absolute atomic E-state index is 12.0. The number of hydrogen-bond donors (Lipinski definition) is 1. The lowest BCUT2D eigenvalue weighted by Crippen LogP contribution is -2.26. The van der Waals surface area contributed by atoms with Crippen LogP contribution in [0.2, 0.25) is 0 Å². The van der Waals surface area contributed by atoms with Gasteiger partial charge in [-0.3, -0.25) is 0 Å². The van der Waals surface area contributed by atoms with Crippen molar-refractivity contribution >= 4 is 21.8 Å². The van der Waals surface area contributed by atoms with E-state index in [0.717, 1.165) is 29.2 Å². The minimum Gasteiger partial charge on any atom is -0.361 e. The Bertz CT molecular complexity index is 697. The second kappa shape index (κ2) is 7.80. The van der Waals surface area contributed by atoms with Crippen LogP contribution in [0.25, 0.3) is 0 Å². The molecule has 1 heterocycles. The molecule has 0 bridgehead atoms. The van der Waals surface area contributed by atoms with Gasteiger partial charge in [0.15, 0.2) is 0 Å². The maximum atomic E-state index is 12.0. The van der Waals surface area contributed by atoms with Crippen LogP contribution >= 0.6 is 11.8 Å². The molecule has 0 aliphatic carbocycles. The number of hydrogen-bond acceptors (Lipinski definition) is 5. The van der Waals surface area contributed by atoms with Crippen LogP contribution in [0.3, 0.4) is 0 Å². The summed E-state index contributed by atoms with van der Waals surface area (Å²) in [5.74, 6) is 2.32. The molecule has 1 N–H and O–H groups in total. The second-order valence-electron chi connectivity index (χ2n) is 4.78. The normalized spacial score (nSPS) is 11.7. The van der Waals surface area contributed by atoms with E-state index in [0.29, 0.717) is 17.2 Å². The standard InChI is InChI=1S/C15H20N2O3S2/c1-3-15-14(12(2)20-17-15)11-21-10-9-16-22(18,19)13-7-5-4-6-8-13/h4-8,16H,3,9-11H2,1-2H3. The Morgan fingerprint density at radius 2 is 2.00 bits per heavy atom. The predicted octanol–water partition coefficient (Wildman–Crippen LogP) is 2.76.